The topological polar surface area (TPSA) is 70.2 Å². The van der Waals surface area contributed by atoms with E-state index >= 15 is 0 Å². The largest absolute Gasteiger partial charge is 0.326 e. The van der Waals surface area contributed by atoms with Gasteiger partial charge in [-0.2, -0.15) is 0 Å². The number of carbonyl (C=O) groups is 2. The second-order valence-corrected chi connectivity index (χ2v) is 4.69. The van der Waals surface area contributed by atoms with E-state index in [0.717, 1.165) is 0 Å². The fourth-order valence-electron chi connectivity index (χ4n) is 1.42. The Labute approximate surface area is 119 Å². The van der Waals surface area contributed by atoms with Crippen LogP contribution in [-0.4, -0.2) is 24.9 Å². The van der Waals surface area contributed by atoms with E-state index < -0.39 is 0 Å². The Morgan fingerprint density at radius 3 is 2.20 bits per heavy atom. The molecule has 0 saturated carbocycles. The number of benzene rings is 1. The zero-order chi connectivity index (χ0) is 15.0. The number of rotatable bonds is 7. The average Bonchev–Trinajstić information content (AvgIpc) is 2.41. The molecule has 0 aliphatic rings. The monoisotopic (exact) mass is 275 g/mol. The van der Waals surface area contributed by atoms with Crippen molar-refractivity contribution in [1.82, 2.24) is 5.32 Å². The third-order valence-electron chi connectivity index (χ3n) is 2.53. The van der Waals surface area contributed by atoms with Gasteiger partial charge in [-0.25, -0.2) is 0 Å². The van der Waals surface area contributed by atoms with Crippen molar-refractivity contribution in [2.75, 3.05) is 23.7 Å². The molecule has 5 heteroatoms. The molecule has 5 nitrogen and oxygen atoms in total. The van der Waals surface area contributed by atoms with Gasteiger partial charge in [0.25, 0.3) is 0 Å². The minimum atomic E-state index is -0.120. The summed E-state index contributed by atoms with van der Waals surface area (Å²) in [4.78, 5) is 23.1. The van der Waals surface area contributed by atoms with Gasteiger partial charge in [0.1, 0.15) is 0 Å². The van der Waals surface area contributed by atoms with Crippen molar-refractivity contribution in [1.29, 1.82) is 0 Å². The highest BCUT2D eigenvalue weighted by atomic mass is 16.2. The van der Waals surface area contributed by atoms with Crippen LogP contribution in [0.2, 0.25) is 0 Å². The van der Waals surface area contributed by atoms with Crippen LogP contribution in [0.25, 0.3) is 0 Å². The normalized spacial score (nSPS) is 10.2. The van der Waals surface area contributed by atoms with Crippen molar-refractivity contribution in [3.63, 3.8) is 0 Å². The molecule has 0 aliphatic heterocycles. The van der Waals surface area contributed by atoms with Crippen LogP contribution >= 0.6 is 0 Å². The molecule has 0 spiro atoms. The molecular weight excluding hydrogens is 254 g/mol. The van der Waals surface area contributed by atoms with Gasteiger partial charge in [-0.15, -0.1) is 6.58 Å². The summed E-state index contributed by atoms with van der Waals surface area (Å²) in [5, 5.41) is 8.46. The molecule has 3 N–H and O–H groups in total. The molecule has 1 aromatic carbocycles. The summed E-state index contributed by atoms with van der Waals surface area (Å²) in [6.45, 7) is 8.05. The molecular formula is C15H21N3O2. The Morgan fingerprint density at radius 2 is 1.70 bits per heavy atom. The highest BCUT2D eigenvalue weighted by molar-refractivity contribution is 5.94. The lowest BCUT2D eigenvalue weighted by molar-refractivity contribution is -0.119. The number of anilines is 2. The van der Waals surface area contributed by atoms with Crippen LogP contribution in [0.5, 0.6) is 0 Å². The Bertz CT molecular complexity index is 467. The van der Waals surface area contributed by atoms with Gasteiger partial charge in [0.2, 0.25) is 11.8 Å². The quantitative estimate of drug-likeness (QED) is 0.526. The lowest BCUT2D eigenvalue weighted by Gasteiger charge is -2.09. The van der Waals surface area contributed by atoms with E-state index in [-0.39, 0.29) is 24.3 Å². The first-order valence-corrected chi connectivity index (χ1v) is 6.55. The first-order valence-electron chi connectivity index (χ1n) is 6.55. The molecule has 108 valence electrons. The Balaban J connectivity index is 2.48. The van der Waals surface area contributed by atoms with Crippen molar-refractivity contribution >= 4 is 23.2 Å². The number of carbonyl (C=O) groups excluding carboxylic acids is 2. The van der Waals surface area contributed by atoms with Crippen molar-refractivity contribution < 1.29 is 9.59 Å². The molecule has 0 aromatic heterocycles. The molecule has 0 atom stereocenters. The summed E-state index contributed by atoms with van der Waals surface area (Å²) in [7, 11) is 0. The molecule has 0 bridgehead atoms. The van der Waals surface area contributed by atoms with Gasteiger partial charge in [0, 0.05) is 23.8 Å². The molecule has 0 radical (unpaired) electrons. The SMILES string of the molecule is C=CCNCC(=O)Nc1ccc(NC(=O)C(C)C)cc1. The summed E-state index contributed by atoms with van der Waals surface area (Å²) in [5.41, 5.74) is 1.41. The maximum absolute atomic E-state index is 11.6. The molecule has 0 aliphatic carbocycles. The van der Waals surface area contributed by atoms with Gasteiger partial charge in [-0.3, -0.25) is 9.59 Å². The van der Waals surface area contributed by atoms with Crippen LogP contribution in [0.15, 0.2) is 36.9 Å². The van der Waals surface area contributed by atoms with Crippen molar-refractivity contribution in [3.05, 3.63) is 36.9 Å². The minimum absolute atomic E-state index is 0.0320. The second kappa shape index (κ2) is 8.12. The first kappa shape index (κ1) is 15.9. The van der Waals surface area contributed by atoms with E-state index in [1.165, 1.54) is 0 Å². The third kappa shape index (κ3) is 5.67. The van der Waals surface area contributed by atoms with Crippen molar-refractivity contribution in [3.8, 4) is 0 Å². The van der Waals surface area contributed by atoms with Gasteiger partial charge < -0.3 is 16.0 Å². The van der Waals surface area contributed by atoms with Crippen molar-refractivity contribution in [2.45, 2.75) is 13.8 Å². The highest BCUT2D eigenvalue weighted by Gasteiger charge is 2.07. The van der Waals surface area contributed by atoms with E-state index in [1.807, 2.05) is 13.8 Å². The number of hydrogen-bond donors (Lipinski definition) is 3. The minimum Gasteiger partial charge on any atom is -0.326 e. The van der Waals surface area contributed by atoms with Gasteiger partial charge in [0.15, 0.2) is 0 Å². The molecule has 20 heavy (non-hydrogen) atoms. The smallest absolute Gasteiger partial charge is 0.238 e. The van der Waals surface area contributed by atoms with Crippen LogP contribution in [0.4, 0.5) is 11.4 Å². The highest BCUT2D eigenvalue weighted by Crippen LogP contribution is 2.14. The number of hydrogen-bond acceptors (Lipinski definition) is 3. The van der Waals surface area contributed by atoms with E-state index in [0.29, 0.717) is 17.9 Å². The van der Waals surface area contributed by atoms with Crippen molar-refractivity contribution in [2.24, 2.45) is 5.92 Å². The van der Waals surface area contributed by atoms with Crippen LogP contribution < -0.4 is 16.0 Å². The Morgan fingerprint density at radius 1 is 1.15 bits per heavy atom. The second-order valence-electron chi connectivity index (χ2n) is 4.69. The summed E-state index contributed by atoms with van der Waals surface area (Å²) in [6, 6.07) is 7.02. The molecule has 1 rings (SSSR count). The number of nitrogens with one attached hydrogen (secondary N) is 3. The Kier molecular flexibility index (Phi) is 6.46. The molecule has 2 amide bonds. The van der Waals surface area contributed by atoms with Gasteiger partial charge in [0.05, 0.1) is 6.54 Å². The molecule has 0 saturated heterocycles. The zero-order valence-electron chi connectivity index (χ0n) is 11.9. The van der Waals surface area contributed by atoms with Crippen LogP contribution in [-0.2, 0) is 9.59 Å². The third-order valence-corrected chi connectivity index (χ3v) is 2.53. The summed E-state index contributed by atoms with van der Waals surface area (Å²) < 4.78 is 0. The van der Waals surface area contributed by atoms with Gasteiger partial charge in [-0.05, 0) is 24.3 Å². The van der Waals surface area contributed by atoms with E-state index in [4.69, 9.17) is 0 Å². The van der Waals surface area contributed by atoms with Crippen LogP contribution in [0.1, 0.15) is 13.8 Å². The van der Waals surface area contributed by atoms with E-state index in [1.54, 1.807) is 30.3 Å². The summed E-state index contributed by atoms with van der Waals surface area (Å²) >= 11 is 0. The summed E-state index contributed by atoms with van der Waals surface area (Å²) in [6.07, 6.45) is 1.69. The van der Waals surface area contributed by atoms with Gasteiger partial charge >= 0.3 is 0 Å². The zero-order valence-corrected chi connectivity index (χ0v) is 11.9. The molecule has 1 aromatic rings. The van der Waals surface area contributed by atoms with Crippen LogP contribution in [0.3, 0.4) is 0 Å². The lowest BCUT2D eigenvalue weighted by atomic mass is 10.2. The predicted octanol–water partition coefficient (Wildman–Crippen LogP) is 2.00. The van der Waals surface area contributed by atoms with E-state index in [2.05, 4.69) is 22.5 Å². The summed E-state index contributed by atoms with van der Waals surface area (Å²) in [5.74, 6) is -0.216. The first-order chi connectivity index (χ1) is 9.52. The lowest BCUT2D eigenvalue weighted by Crippen LogP contribution is -2.28. The fraction of sp³-hybridized carbons (Fsp3) is 0.333. The molecule has 0 heterocycles. The van der Waals surface area contributed by atoms with Crippen LogP contribution in [0, 0.1) is 5.92 Å². The number of amides is 2. The van der Waals surface area contributed by atoms with Gasteiger partial charge in [-0.1, -0.05) is 19.9 Å². The Hall–Kier alpha value is -2.14. The standard InChI is InChI=1S/C15H21N3O2/c1-4-9-16-10-14(19)17-12-5-7-13(8-6-12)18-15(20)11(2)3/h4-8,11,16H,1,9-10H2,2-3H3,(H,17,19)(H,18,20). The molecule has 0 unspecified atom stereocenters. The maximum Gasteiger partial charge on any atom is 0.238 e. The molecule has 0 fully saturated rings. The maximum atomic E-state index is 11.6. The average molecular weight is 275 g/mol. The fourth-order valence-corrected chi connectivity index (χ4v) is 1.42. The van der Waals surface area contributed by atoms with E-state index in [9.17, 15) is 9.59 Å². The predicted molar refractivity (Wildman–Crippen MR) is 81.6 cm³/mol.